The highest BCUT2D eigenvalue weighted by Crippen LogP contribution is 2.25. The fourth-order valence-electron chi connectivity index (χ4n) is 3.04. The van der Waals surface area contributed by atoms with Crippen LogP contribution in [0.4, 0.5) is 0 Å². The van der Waals surface area contributed by atoms with Crippen LogP contribution in [0.5, 0.6) is 5.75 Å². The van der Waals surface area contributed by atoms with Crippen molar-refractivity contribution in [2.75, 3.05) is 33.4 Å². The molecule has 0 N–H and O–H groups in total. The van der Waals surface area contributed by atoms with Gasteiger partial charge in [-0.05, 0) is 25.0 Å². The maximum atomic E-state index is 13.0. The van der Waals surface area contributed by atoms with Gasteiger partial charge < -0.3 is 18.9 Å². The third-order valence-corrected chi connectivity index (χ3v) is 4.29. The highest BCUT2D eigenvalue weighted by molar-refractivity contribution is 5.97. The van der Waals surface area contributed by atoms with E-state index >= 15 is 0 Å². The molecule has 0 bridgehead atoms. The van der Waals surface area contributed by atoms with Crippen LogP contribution in [0.1, 0.15) is 29.2 Å². The van der Waals surface area contributed by atoms with Gasteiger partial charge in [0.2, 0.25) is 0 Å². The van der Waals surface area contributed by atoms with E-state index in [-0.39, 0.29) is 11.9 Å². The van der Waals surface area contributed by atoms with Gasteiger partial charge in [-0.2, -0.15) is 0 Å². The molecule has 0 aliphatic carbocycles. The summed E-state index contributed by atoms with van der Waals surface area (Å²) in [6.07, 6.45) is 7.61. The normalized spacial score (nSPS) is 17.7. The summed E-state index contributed by atoms with van der Waals surface area (Å²) >= 11 is 0. The predicted molar refractivity (Wildman–Crippen MR) is 90.2 cm³/mol. The van der Waals surface area contributed by atoms with Crippen molar-refractivity contribution in [3.8, 4) is 5.75 Å². The molecule has 0 unspecified atom stereocenters. The topological polar surface area (TPSA) is 56.6 Å². The van der Waals surface area contributed by atoms with Gasteiger partial charge >= 0.3 is 0 Å². The quantitative estimate of drug-likeness (QED) is 0.764. The van der Waals surface area contributed by atoms with Crippen LogP contribution in [0.3, 0.4) is 0 Å². The molecule has 0 radical (unpaired) electrons. The first-order chi connectivity index (χ1) is 11.8. The minimum absolute atomic E-state index is 0.0211. The smallest absolute Gasteiger partial charge is 0.257 e. The minimum atomic E-state index is 0.0211. The number of amides is 1. The number of carbonyl (C=O) groups is 1. The van der Waals surface area contributed by atoms with Gasteiger partial charge in [-0.1, -0.05) is 12.1 Å². The number of piperidine rings is 1. The number of para-hydroxylation sites is 1. The Morgan fingerprint density at radius 2 is 2.21 bits per heavy atom. The lowest BCUT2D eigenvalue weighted by atomic mass is 10.0. The second kappa shape index (κ2) is 7.97. The molecule has 1 aromatic carbocycles. The van der Waals surface area contributed by atoms with Crippen molar-refractivity contribution in [1.82, 2.24) is 14.5 Å². The number of ether oxygens (including phenoxy) is 2. The van der Waals surface area contributed by atoms with Gasteiger partial charge in [0.25, 0.3) is 5.91 Å². The summed E-state index contributed by atoms with van der Waals surface area (Å²) in [5.41, 5.74) is 0.611. The first-order valence-electron chi connectivity index (χ1n) is 8.27. The second-order valence-electron chi connectivity index (χ2n) is 5.89. The highest BCUT2D eigenvalue weighted by atomic mass is 16.5. The van der Waals surface area contributed by atoms with Crippen LogP contribution in [0.25, 0.3) is 0 Å². The largest absolute Gasteiger partial charge is 0.490 e. The van der Waals surface area contributed by atoms with E-state index in [1.807, 2.05) is 41.7 Å². The zero-order valence-electron chi connectivity index (χ0n) is 13.9. The molecular formula is C18H23N3O3. The van der Waals surface area contributed by atoms with Crippen molar-refractivity contribution in [1.29, 1.82) is 0 Å². The molecule has 1 saturated heterocycles. The van der Waals surface area contributed by atoms with Gasteiger partial charge in [0.1, 0.15) is 12.4 Å². The molecular weight excluding hydrogens is 306 g/mol. The van der Waals surface area contributed by atoms with Crippen molar-refractivity contribution >= 4 is 5.91 Å². The fourth-order valence-corrected chi connectivity index (χ4v) is 3.04. The van der Waals surface area contributed by atoms with E-state index in [1.54, 1.807) is 13.3 Å². The molecule has 6 heteroatoms. The highest BCUT2D eigenvalue weighted by Gasteiger charge is 2.26. The number of hydrogen-bond acceptors (Lipinski definition) is 4. The third-order valence-electron chi connectivity index (χ3n) is 4.29. The molecule has 0 spiro atoms. The minimum Gasteiger partial charge on any atom is -0.490 e. The van der Waals surface area contributed by atoms with Crippen molar-refractivity contribution < 1.29 is 14.3 Å². The number of aromatic nitrogens is 2. The number of methoxy groups -OCH3 is 1. The van der Waals surface area contributed by atoms with Gasteiger partial charge in [0.15, 0.2) is 0 Å². The maximum Gasteiger partial charge on any atom is 0.257 e. The lowest BCUT2D eigenvalue weighted by Crippen LogP contribution is -2.40. The Hall–Kier alpha value is -2.34. The number of imidazole rings is 1. The van der Waals surface area contributed by atoms with Gasteiger partial charge in [-0.15, -0.1) is 0 Å². The maximum absolute atomic E-state index is 13.0. The van der Waals surface area contributed by atoms with Crippen LogP contribution in [0, 0.1) is 0 Å². The molecule has 128 valence electrons. The Morgan fingerprint density at radius 3 is 3.00 bits per heavy atom. The molecule has 2 aromatic rings. The van der Waals surface area contributed by atoms with Crippen molar-refractivity contribution in [2.45, 2.75) is 18.9 Å². The summed E-state index contributed by atoms with van der Waals surface area (Å²) in [5, 5.41) is 0. The number of nitrogens with zero attached hydrogens (tertiary/aromatic N) is 3. The monoisotopic (exact) mass is 329 g/mol. The van der Waals surface area contributed by atoms with E-state index in [0.29, 0.717) is 31.1 Å². The van der Waals surface area contributed by atoms with Gasteiger partial charge in [-0.25, -0.2) is 4.98 Å². The summed E-state index contributed by atoms with van der Waals surface area (Å²) in [7, 11) is 1.63. The third kappa shape index (κ3) is 3.76. The van der Waals surface area contributed by atoms with E-state index in [1.165, 1.54) is 0 Å². The van der Waals surface area contributed by atoms with Crippen LogP contribution >= 0.6 is 0 Å². The van der Waals surface area contributed by atoms with E-state index in [2.05, 4.69) is 9.55 Å². The molecule has 3 rings (SSSR count). The zero-order valence-corrected chi connectivity index (χ0v) is 13.9. The summed E-state index contributed by atoms with van der Waals surface area (Å²) in [6, 6.07) is 7.69. The predicted octanol–water partition coefficient (Wildman–Crippen LogP) is 2.39. The fraction of sp³-hybridized carbons (Fsp3) is 0.444. The van der Waals surface area contributed by atoms with E-state index in [9.17, 15) is 4.79 Å². The first kappa shape index (κ1) is 16.5. The van der Waals surface area contributed by atoms with Crippen molar-refractivity contribution in [3.63, 3.8) is 0 Å². The standard InChI is InChI=1S/C18H23N3O3/c1-23-11-12-24-17-7-3-2-6-16(17)18(22)20-9-4-5-15(13-20)21-10-8-19-14-21/h2-3,6-8,10,14-15H,4-5,9,11-13H2,1H3/t15-/m0/s1. The van der Waals surface area contributed by atoms with Crippen LogP contribution < -0.4 is 4.74 Å². The van der Waals surface area contributed by atoms with Crippen LogP contribution in [-0.2, 0) is 4.74 Å². The molecule has 1 fully saturated rings. The van der Waals surface area contributed by atoms with Crippen LogP contribution in [0.15, 0.2) is 43.0 Å². The van der Waals surface area contributed by atoms with E-state index < -0.39 is 0 Å². The summed E-state index contributed by atoms with van der Waals surface area (Å²) in [4.78, 5) is 19.0. The number of benzene rings is 1. The van der Waals surface area contributed by atoms with Gasteiger partial charge in [0, 0.05) is 32.6 Å². The number of rotatable bonds is 6. The molecule has 1 amide bonds. The Labute approximate surface area is 142 Å². The average molecular weight is 329 g/mol. The zero-order chi connectivity index (χ0) is 16.8. The Morgan fingerprint density at radius 1 is 1.33 bits per heavy atom. The lowest BCUT2D eigenvalue weighted by molar-refractivity contribution is 0.0672. The molecule has 1 aliphatic rings. The molecule has 24 heavy (non-hydrogen) atoms. The first-order valence-corrected chi connectivity index (χ1v) is 8.27. The van der Waals surface area contributed by atoms with E-state index in [4.69, 9.17) is 9.47 Å². The summed E-state index contributed by atoms with van der Waals surface area (Å²) in [6.45, 7) is 2.39. The summed E-state index contributed by atoms with van der Waals surface area (Å²) < 4.78 is 12.8. The average Bonchev–Trinajstić information content (AvgIpc) is 3.17. The summed E-state index contributed by atoms with van der Waals surface area (Å²) in [5.74, 6) is 0.636. The molecule has 0 saturated carbocycles. The SMILES string of the molecule is COCCOc1ccccc1C(=O)N1CCC[C@H](n2ccnc2)C1. The van der Waals surface area contributed by atoms with E-state index in [0.717, 1.165) is 19.4 Å². The van der Waals surface area contributed by atoms with Crippen molar-refractivity contribution in [3.05, 3.63) is 48.5 Å². The van der Waals surface area contributed by atoms with Crippen LogP contribution in [0.2, 0.25) is 0 Å². The molecule has 1 atom stereocenters. The number of carbonyl (C=O) groups excluding carboxylic acids is 1. The Kier molecular flexibility index (Phi) is 5.48. The molecule has 1 aromatic heterocycles. The Balaban J connectivity index is 1.71. The van der Waals surface area contributed by atoms with Gasteiger partial charge in [-0.3, -0.25) is 4.79 Å². The number of hydrogen-bond donors (Lipinski definition) is 0. The second-order valence-corrected chi connectivity index (χ2v) is 5.89. The molecule has 1 aliphatic heterocycles. The Bertz CT molecular complexity index is 657. The lowest BCUT2D eigenvalue weighted by Gasteiger charge is -2.33. The molecule has 2 heterocycles. The number of likely N-dealkylation sites (tertiary alicyclic amines) is 1. The van der Waals surface area contributed by atoms with Crippen molar-refractivity contribution in [2.24, 2.45) is 0 Å². The molecule has 6 nitrogen and oxygen atoms in total. The van der Waals surface area contributed by atoms with Crippen LogP contribution in [-0.4, -0.2) is 53.8 Å². The van der Waals surface area contributed by atoms with Gasteiger partial charge in [0.05, 0.1) is 24.5 Å².